The summed E-state index contributed by atoms with van der Waals surface area (Å²) < 4.78 is 17.7. The van der Waals surface area contributed by atoms with Crippen molar-refractivity contribution in [2.45, 2.75) is 51.7 Å². The van der Waals surface area contributed by atoms with E-state index in [1.165, 1.54) is 0 Å². The average molecular weight is 408 g/mol. The van der Waals surface area contributed by atoms with Crippen molar-refractivity contribution in [1.82, 2.24) is 4.98 Å². The standard InChI is InChI=1S/C25H29NO4/c1-18-10-12-20-7-6-14-28-24(27)22(15-18)25(20,2)29-17-19-11-13-23(26-16-19)30-21-8-4-3-5-9-21/h3-5,8-9,11,13,15-16,18,20H,6-7,10,12,14,17H2,1-2H3/t18?,20?,25-/m0/s1. The van der Waals surface area contributed by atoms with Gasteiger partial charge in [-0.25, -0.2) is 9.78 Å². The molecule has 1 saturated heterocycles. The molecule has 4 rings (SSSR count). The van der Waals surface area contributed by atoms with E-state index < -0.39 is 5.60 Å². The fourth-order valence-corrected chi connectivity index (χ4v) is 4.35. The first-order chi connectivity index (χ1) is 14.5. The van der Waals surface area contributed by atoms with Crippen LogP contribution in [0, 0.1) is 11.8 Å². The highest BCUT2D eigenvalue weighted by Crippen LogP contribution is 2.42. The summed E-state index contributed by atoms with van der Waals surface area (Å²) in [7, 11) is 0. The van der Waals surface area contributed by atoms with Crippen LogP contribution < -0.4 is 4.74 Å². The molecule has 0 radical (unpaired) electrons. The van der Waals surface area contributed by atoms with Crippen LogP contribution in [0.3, 0.4) is 0 Å². The summed E-state index contributed by atoms with van der Waals surface area (Å²) in [5.41, 5.74) is 0.966. The SMILES string of the molecule is CC1C=C2C(=O)OCCCC(CC1)[C@]2(C)OCc1ccc(Oc2ccccc2)nc1. The van der Waals surface area contributed by atoms with Gasteiger partial charge in [0.05, 0.1) is 18.8 Å². The summed E-state index contributed by atoms with van der Waals surface area (Å²) in [4.78, 5) is 17.1. The van der Waals surface area contributed by atoms with Crippen LogP contribution in [-0.4, -0.2) is 23.2 Å². The molecule has 2 heterocycles. The highest BCUT2D eigenvalue weighted by Gasteiger charge is 2.45. The van der Waals surface area contributed by atoms with Crippen molar-refractivity contribution in [2.75, 3.05) is 6.61 Å². The third-order valence-electron chi connectivity index (χ3n) is 6.19. The Balaban J connectivity index is 1.49. The van der Waals surface area contributed by atoms with Gasteiger partial charge < -0.3 is 14.2 Å². The lowest BCUT2D eigenvalue weighted by atomic mass is 9.78. The number of hydrogen-bond acceptors (Lipinski definition) is 5. The molecule has 2 bridgehead atoms. The van der Waals surface area contributed by atoms with Gasteiger partial charge in [-0.3, -0.25) is 0 Å². The second-order valence-electron chi connectivity index (χ2n) is 8.43. The van der Waals surface area contributed by atoms with Crippen LogP contribution in [-0.2, 0) is 20.9 Å². The van der Waals surface area contributed by atoms with Crippen LogP contribution in [0.1, 0.15) is 45.1 Å². The molecule has 0 spiro atoms. The number of esters is 1. The van der Waals surface area contributed by atoms with E-state index in [1.807, 2.05) is 42.5 Å². The smallest absolute Gasteiger partial charge is 0.336 e. The number of hydrogen-bond donors (Lipinski definition) is 0. The maximum absolute atomic E-state index is 12.7. The van der Waals surface area contributed by atoms with Crippen LogP contribution in [0.4, 0.5) is 0 Å². The monoisotopic (exact) mass is 407 g/mol. The molecule has 2 aromatic rings. The first kappa shape index (κ1) is 20.6. The number of para-hydroxylation sites is 1. The molecule has 1 fully saturated rings. The normalized spacial score (nSPS) is 26.6. The molecule has 158 valence electrons. The first-order valence-electron chi connectivity index (χ1n) is 10.8. The van der Waals surface area contributed by atoms with Gasteiger partial charge in [-0.2, -0.15) is 0 Å². The number of rotatable bonds is 5. The van der Waals surface area contributed by atoms with Crippen molar-refractivity contribution in [3.05, 3.63) is 65.9 Å². The summed E-state index contributed by atoms with van der Waals surface area (Å²) >= 11 is 0. The number of fused-ring (bicyclic) bond motifs is 2. The van der Waals surface area contributed by atoms with Crippen molar-refractivity contribution < 1.29 is 19.0 Å². The van der Waals surface area contributed by atoms with Crippen LogP contribution in [0.2, 0.25) is 0 Å². The summed E-state index contributed by atoms with van der Waals surface area (Å²) in [6, 6.07) is 13.4. The molecule has 1 aromatic carbocycles. The number of aromatic nitrogens is 1. The van der Waals surface area contributed by atoms with Crippen LogP contribution in [0.15, 0.2) is 60.3 Å². The lowest BCUT2D eigenvalue weighted by molar-refractivity contribution is -0.148. The molecule has 3 atom stereocenters. The quantitative estimate of drug-likeness (QED) is 0.616. The highest BCUT2D eigenvalue weighted by molar-refractivity contribution is 5.91. The number of allylic oxidation sites excluding steroid dienone is 1. The van der Waals surface area contributed by atoms with Gasteiger partial charge in [0.2, 0.25) is 5.88 Å². The van der Waals surface area contributed by atoms with E-state index in [2.05, 4.69) is 24.9 Å². The zero-order valence-electron chi connectivity index (χ0n) is 17.7. The van der Waals surface area contributed by atoms with Crippen molar-refractivity contribution in [1.29, 1.82) is 0 Å². The predicted molar refractivity (Wildman–Crippen MR) is 114 cm³/mol. The Morgan fingerprint density at radius 1 is 1.13 bits per heavy atom. The van der Waals surface area contributed by atoms with Gasteiger partial charge in [0.15, 0.2) is 0 Å². The largest absolute Gasteiger partial charge is 0.462 e. The maximum atomic E-state index is 12.7. The number of pyridine rings is 1. The van der Waals surface area contributed by atoms with E-state index in [0.717, 1.165) is 37.0 Å². The molecule has 1 aliphatic heterocycles. The van der Waals surface area contributed by atoms with E-state index in [1.54, 1.807) is 6.20 Å². The van der Waals surface area contributed by atoms with E-state index >= 15 is 0 Å². The fraction of sp³-hybridized carbons (Fsp3) is 0.440. The molecule has 5 nitrogen and oxygen atoms in total. The van der Waals surface area contributed by atoms with Gasteiger partial charge in [-0.05, 0) is 68.2 Å². The van der Waals surface area contributed by atoms with Gasteiger partial charge in [0.25, 0.3) is 0 Å². The number of benzene rings is 1. The van der Waals surface area contributed by atoms with E-state index in [9.17, 15) is 4.79 Å². The van der Waals surface area contributed by atoms with Crippen LogP contribution in [0.5, 0.6) is 11.6 Å². The number of ether oxygens (including phenoxy) is 3. The van der Waals surface area contributed by atoms with Crippen LogP contribution >= 0.6 is 0 Å². The minimum atomic E-state index is -0.651. The predicted octanol–water partition coefficient (Wildman–Crippen LogP) is 5.46. The highest BCUT2D eigenvalue weighted by atomic mass is 16.5. The van der Waals surface area contributed by atoms with Crippen molar-refractivity contribution >= 4 is 5.97 Å². The Morgan fingerprint density at radius 3 is 2.73 bits per heavy atom. The molecular formula is C25H29NO4. The molecule has 1 aliphatic carbocycles. The molecule has 0 N–H and O–H groups in total. The Labute approximate surface area is 178 Å². The van der Waals surface area contributed by atoms with Crippen molar-refractivity contribution in [3.8, 4) is 11.6 Å². The topological polar surface area (TPSA) is 57.7 Å². The molecule has 2 aliphatic rings. The van der Waals surface area contributed by atoms with E-state index in [0.29, 0.717) is 36.5 Å². The lowest BCUT2D eigenvalue weighted by Gasteiger charge is -2.39. The second-order valence-corrected chi connectivity index (χ2v) is 8.43. The van der Waals surface area contributed by atoms with E-state index in [4.69, 9.17) is 14.2 Å². The Hall–Kier alpha value is -2.66. The average Bonchev–Trinajstić information content (AvgIpc) is 2.89. The Morgan fingerprint density at radius 2 is 1.97 bits per heavy atom. The third kappa shape index (κ3) is 4.57. The Kier molecular flexibility index (Phi) is 6.18. The number of cyclic esters (lactones) is 1. The Bertz CT molecular complexity index is 893. The molecule has 0 amide bonds. The fourth-order valence-electron chi connectivity index (χ4n) is 4.35. The summed E-state index contributed by atoms with van der Waals surface area (Å²) in [6.45, 7) is 5.08. The molecule has 2 unspecified atom stereocenters. The minimum Gasteiger partial charge on any atom is -0.462 e. The third-order valence-corrected chi connectivity index (χ3v) is 6.19. The second kappa shape index (κ2) is 9.00. The van der Waals surface area contributed by atoms with Gasteiger partial charge in [-0.15, -0.1) is 0 Å². The molecule has 1 aromatic heterocycles. The summed E-state index contributed by atoms with van der Waals surface area (Å²) in [5.74, 6) is 1.70. The van der Waals surface area contributed by atoms with Gasteiger partial charge in [0.1, 0.15) is 11.4 Å². The lowest BCUT2D eigenvalue weighted by Crippen LogP contribution is -2.43. The molecule has 5 heteroatoms. The van der Waals surface area contributed by atoms with Crippen molar-refractivity contribution in [3.63, 3.8) is 0 Å². The van der Waals surface area contributed by atoms with Gasteiger partial charge in [0, 0.05) is 12.3 Å². The molecule has 30 heavy (non-hydrogen) atoms. The maximum Gasteiger partial charge on any atom is 0.336 e. The van der Waals surface area contributed by atoms with Crippen LogP contribution in [0.25, 0.3) is 0 Å². The van der Waals surface area contributed by atoms with Gasteiger partial charge in [-0.1, -0.05) is 31.2 Å². The minimum absolute atomic E-state index is 0.235. The first-order valence-corrected chi connectivity index (χ1v) is 10.8. The molecule has 0 saturated carbocycles. The zero-order chi connectivity index (χ0) is 21.0. The molecular weight excluding hydrogens is 378 g/mol. The van der Waals surface area contributed by atoms with Crippen molar-refractivity contribution in [2.24, 2.45) is 11.8 Å². The van der Waals surface area contributed by atoms with E-state index in [-0.39, 0.29) is 5.97 Å². The number of carbonyl (C=O) groups is 1. The summed E-state index contributed by atoms with van der Waals surface area (Å²) in [6.07, 6.45) is 7.81. The van der Waals surface area contributed by atoms with Gasteiger partial charge >= 0.3 is 5.97 Å². The number of carbonyl (C=O) groups excluding carboxylic acids is 1. The zero-order valence-corrected chi connectivity index (χ0v) is 17.7. The number of nitrogens with zero attached hydrogens (tertiary/aromatic N) is 1. The summed E-state index contributed by atoms with van der Waals surface area (Å²) in [5, 5.41) is 0.